The molecule has 132 valence electrons. The predicted molar refractivity (Wildman–Crippen MR) is 108 cm³/mol. The number of nitrogens with zero attached hydrogens (tertiary/aromatic N) is 3. The van der Waals surface area contributed by atoms with Gasteiger partial charge in [0, 0.05) is 30.4 Å². The summed E-state index contributed by atoms with van der Waals surface area (Å²) in [5, 5.41) is 0. The first-order valence-electron chi connectivity index (χ1n) is 9.34. The van der Waals surface area contributed by atoms with Crippen LogP contribution >= 0.6 is 0 Å². The molecule has 3 nitrogen and oxygen atoms in total. The Bertz CT molecular complexity index is 1170. The zero-order valence-electron chi connectivity index (χ0n) is 15.9. The molecule has 0 bridgehead atoms. The Kier molecular flexibility index (Phi) is 3.51. The highest BCUT2D eigenvalue weighted by molar-refractivity contribution is 5.77. The maximum atomic E-state index is 4.53. The van der Waals surface area contributed by atoms with Crippen LogP contribution in [0, 0.1) is 13.8 Å². The van der Waals surface area contributed by atoms with Crippen LogP contribution in [-0.4, -0.2) is 9.55 Å². The number of fused-ring (bicyclic) bond motifs is 3. The molecule has 3 heteroatoms. The third-order valence-corrected chi connectivity index (χ3v) is 5.62. The third-order valence-electron chi connectivity index (χ3n) is 5.62. The van der Waals surface area contributed by atoms with E-state index in [0.717, 1.165) is 12.2 Å². The van der Waals surface area contributed by atoms with E-state index in [2.05, 4.69) is 95.9 Å². The number of aryl methyl sites for hydroxylation is 3. The van der Waals surface area contributed by atoms with E-state index < -0.39 is 0 Å². The molecule has 1 aliphatic rings. The van der Waals surface area contributed by atoms with Gasteiger partial charge in [-0.2, -0.15) is 0 Å². The Hall–Kier alpha value is -3.20. The Morgan fingerprint density at radius 2 is 1.81 bits per heavy atom. The fraction of sp³-hybridized carbons (Fsp3) is 0.167. The number of imidazole rings is 1. The Balaban J connectivity index is 1.76. The van der Waals surface area contributed by atoms with Crippen LogP contribution in [0.15, 0.2) is 67.1 Å². The molecule has 5 rings (SSSR count). The van der Waals surface area contributed by atoms with Crippen LogP contribution in [0.2, 0.25) is 0 Å². The lowest BCUT2D eigenvalue weighted by atomic mass is 9.93. The minimum Gasteiger partial charge on any atom is -0.303 e. The van der Waals surface area contributed by atoms with Crippen molar-refractivity contribution in [3.05, 3.63) is 89.6 Å². The summed E-state index contributed by atoms with van der Waals surface area (Å²) in [5.74, 6) is 1.12. The molecule has 3 heterocycles. The van der Waals surface area contributed by atoms with Crippen molar-refractivity contribution in [1.82, 2.24) is 9.55 Å². The van der Waals surface area contributed by atoms with Gasteiger partial charge in [-0.3, -0.25) is 0 Å². The molecule has 0 fully saturated rings. The maximum Gasteiger partial charge on any atom is 0.213 e. The lowest BCUT2D eigenvalue weighted by Gasteiger charge is -2.13. The number of hydrogen-bond acceptors (Lipinski definition) is 1. The van der Waals surface area contributed by atoms with Gasteiger partial charge < -0.3 is 4.57 Å². The molecule has 0 unspecified atom stereocenters. The molecule has 0 spiro atoms. The molecule has 1 aliphatic heterocycles. The second-order valence-corrected chi connectivity index (χ2v) is 7.38. The summed E-state index contributed by atoms with van der Waals surface area (Å²) < 4.78 is 4.47. The predicted octanol–water partition coefficient (Wildman–Crippen LogP) is 4.55. The zero-order valence-corrected chi connectivity index (χ0v) is 15.9. The summed E-state index contributed by atoms with van der Waals surface area (Å²) in [6.07, 6.45) is 7.07. The Morgan fingerprint density at radius 3 is 2.63 bits per heavy atom. The minimum atomic E-state index is 0.883. The van der Waals surface area contributed by atoms with Crippen molar-refractivity contribution in [2.75, 3.05) is 0 Å². The number of rotatable bonds is 2. The summed E-state index contributed by atoms with van der Waals surface area (Å²) in [4.78, 5) is 4.53. The molecular weight excluding hydrogens is 330 g/mol. The molecule has 0 saturated heterocycles. The highest BCUT2D eigenvalue weighted by atomic mass is 15.1. The lowest BCUT2D eigenvalue weighted by Crippen LogP contribution is -2.32. The van der Waals surface area contributed by atoms with Gasteiger partial charge >= 0.3 is 0 Å². The second-order valence-electron chi connectivity index (χ2n) is 7.38. The Morgan fingerprint density at radius 1 is 1.00 bits per heavy atom. The molecule has 2 aromatic heterocycles. The van der Waals surface area contributed by atoms with Crippen LogP contribution in [0.25, 0.3) is 28.1 Å². The van der Waals surface area contributed by atoms with Gasteiger partial charge in [0.05, 0.1) is 11.3 Å². The molecule has 0 N–H and O–H groups in total. The number of pyridine rings is 1. The fourth-order valence-corrected chi connectivity index (χ4v) is 4.32. The summed E-state index contributed by atoms with van der Waals surface area (Å²) in [5.41, 5.74) is 10.3. The van der Waals surface area contributed by atoms with Gasteiger partial charge in [-0.15, -0.1) is 0 Å². The SMILES string of the molecule is Cc1c[n+](C)c(-c2c(C)ccc3c2Cc2nccn2-3)cc1-c1ccccc1. The number of aromatic nitrogens is 3. The van der Waals surface area contributed by atoms with Crippen molar-refractivity contribution in [2.45, 2.75) is 20.3 Å². The highest BCUT2D eigenvalue weighted by Gasteiger charge is 2.27. The van der Waals surface area contributed by atoms with Gasteiger partial charge in [-0.05, 0) is 42.2 Å². The van der Waals surface area contributed by atoms with E-state index in [1.165, 1.54) is 44.8 Å². The first-order chi connectivity index (χ1) is 13.1. The number of hydrogen-bond donors (Lipinski definition) is 0. The second kappa shape index (κ2) is 5.92. The summed E-state index contributed by atoms with van der Waals surface area (Å²) in [6.45, 7) is 4.39. The van der Waals surface area contributed by atoms with Gasteiger partial charge in [-0.1, -0.05) is 36.4 Å². The van der Waals surface area contributed by atoms with Crippen LogP contribution < -0.4 is 4.57 Å². The molecule has 0 saturated carbocycles. The van der Waals surface area contributed by atoms with Crippen molar-refractivity contribution in [3.63, 3.8) is 0 Å². The summed E-state index contributed by atoms with van der Waals surface area (Å²) in [7, 11) is 2.14. The molecular formula is C24H22N3+. The van der Waals surface area contributed by atoms with E-state index in [4.69, 9.17) is 0 Å². The summed E-state index contributed by atoms with van der Waals surface area (Å²) in [6, 6.07) is 17.4. The van der Waals surface area contributed by atoms with Gasteiger partial charge in [-0.25, -0.2) is 9.55 Å². The van der Waals surface area contributed by atoms with Crippen molar-refractivity contribution < 1.29 is 4.57 Å². The van der Waals surface area contributed by atoms with E-state index >= 15 is 0 Å². The first kappa shape index (κ1) is 16.0. The normalized spacial score (nSPS) is 12.1. The molecule has 0 radical (unpaired) electrons. The average Bonchev–Trinajstić information content (AvgIpc) is 3.24. The van der Waals surface area contributed by atoms with Crippen LogP contribution in [0.1, 0.15) is 22.5 Å². The van der Waals surface area contributed by atoms with Crippen molar-refractivity contribution in [3.8, 4) is 28.1 Å². The van der Waals surface area contributed by atoms with Crippen molar-refractivity contribution >= 4 is 0 Å². The number of benzene rings is 2. The third kappa shape index (κ3) is 2.42. The van der Waals surface area contributed by atoms with Crippen LogP contribution in [0.3, 0.4) is 0 Å². The van der Waals surface area contributed by atoms with E-state index in [1.807, 2.05) is 6.20 Å². The monoisotopic (exact) mass is 352 g/mol. The van der Waals surface area contributed by atoms with E-state index in [9.17, 15) is 0 Å². The standard InChI is InChI=1S/C24H22N3/c1-16-9-10-21-20(14-23-25-11-12-27(21)23)24(16)22-13-19(17(2)15-26(22)3)18-7-5-4-6-8-18/h4-13,15H,14H2,1-3H3/q+1. The molecule has 0 aliphatic carbocycles. The molecule has 0 atom stereocenters. The average molecular weight is 352 g/mol. The molecule has 27 heavy (non-hydrogen) atoms. The maximum absolute atomic E-state index is 4.53. The zero-order chi connectivity index (χ0) is 18.5. The van der Waals surface area contributed by atoms with Crippen LogP contribution in [-0.2, 0) is 13.5 Å². The smallest absolute Gasteiger partial charge is 0.213 e. The van der Waals surface area contributed by atoms with Gasteiger partial charge in [0.25, 0.3) is 0 Å². The van der Waals surface area contributed by atoms with Gasteiger partial charge in [0.1, 0.15) is 12.9 Å². The van der Waals surface area contributed by atoms with Gasteiger partial charge in [0.2, 0.25) is 5.69 Å². The largest absolute Gasteiger partial charge is 0.303 e. The van der Waals surface area contributed by atoms with E-state index in [-0.39, 0.29) is 0 Å². The molecule has 4 aromatic rings. The molecule has 0 amide bonds. The first-order valence-corrected chi connectivity index (χ1v) is 9.34. The van der Waals surface area contributed by atoms with Gasteiger partial charge in [0.15, 0.2) is 6.20 Å². The lowest BCUT2D eigenvalue weighted by molar-refractivity contribution is -0.660. The quantitative estimate of drug-likeness (QED) is 0.427. The van der Waals surface area contributed by atoms with Crippen molar-refractivity contribution in [1.29, 1.82) is 0 Å². The minimum absolute atomic E-state index is 0.883. The Labute approximate surface area is 159 Å². The van der Waals surface area contributed by atoms with Crippen LogP contribution in [0.4, 0.5) is 0 Å². The van der Waals surface area contributed by atoms with Crippen molar-refractivity contribution in [2.24, 2.45) is 7.05 Å². The fourth-order valence-electron chi connectivity index (χ4n) is 4.32. The summed E-state index contributed by atoms with van der Waals surface area (Å²) >= 11 is 0. The topological polar surface area (TPSA) is 21.7 Å². The van der Waals surface area contributed by atoms with Crippen LogP contribution in [0.5, 0.6) is 0 Å². The highest BCUT2D eigenvalue weighted by Crippen LogP contribution is 2.37. The van der Waals surface area contributed by atoms with E-state index in [1.54, 1.807) is 0 Å². The molecule has 2 aromatic carbocycles. The van der Waals surface area contributed by atoms with E-state index in [0.29, 0.717) is 0 Å².